The molecule has 160 valence electrons. The van der Waals surface area contributed by atoms with Gasteiger partial charge in [0.15, 0.2) is 0 Å². The van der Waals surface area contributed by atoms with Crippen molar-refractivity contribution < 1.29 is 14.7 Å². The summed E-state index contributed by atoms with van der Waals surface area (Å²) in [7, 11) is 0. The van der Waals surface area contributed by atoms with Gasteiger partial charge in [-0.3, -0.25) is 9.78 Å². The van der Waals surface area contributed by atoms with E-state index >= 15 is 0 Å². The molecule has 8 heteroatoms. The third-order valence-corrected chi connectivity index (χ3v) is 4.75. The molecule has 0 fully saturated rings. The first-order valence-electron chi connectivity index (χ1n) is 9.87. The van der Waals surface area contributed by atoms with Gasteiger partial charge in [0, 0.05) is 35.4 Å². The van der Waals surface area contributed by atoms with E-state index in [0.717, 1.165) is 11.3 Å². The average Bonchev–Trinajstić information content (AvgIpc) is 3.28. The number of amides is 1. The minimum absolute atomic E-state index is 0.0958. The fourth-order valence-electron chi connectivity index (χ4n) is 3.13. The molecule has 0 spiro atoms. The van der Waals surface area contributed by atoms with Gasteiger partial charge in [-0.25, -0.2) is 9.48 Å². The maximum atomic E-state index is 12.7. The zero-order valence-corrected chi connectivity index (χ0v) is 17.2. The van der Waals surface area contributed by atoms with Crippen LogP contribution in [0.15, 0.2) is 90.9 Å². The number of carboxylic acids is 1. The summed E-state index contributed by atoms with van der Waals surface area (Å²) in [4.78, 5) is 27.9. The molecule has 1 amide bonds. The van der Waals surface area contributed by atoms with Gasteiger partial charge < -0.3 is 10.4 Å². The standard InChI is InChI=1S/C25H17N5O3/c26-14-19(24(31)28-21-10-8-17(9-11-21)25(32)33)13-20-16-30(22-6-2-1-3-7-22)29-23(20)18-5-4-12-27-15-18/h1-13,15-16H,(H,28,31)(H,32,33)/b19-13+. The number of nitrogens with zero attached hydrogens (tertiary/aromatic N) is 4. The van der Waals surface area contributed by atoms with Crippen molar-refractivity contribution in [1.82, 2.24) is 14.8 Å². The predicted octanol–water partition coefficient (Wildman–Crippen LogP) is 4.18. The highest BCUT2D eigenvalue weighted by Gasteiger charge is 2.15. The van der Waals surface area contributed by atoms with Crippen LogP contribution in [0.5, 0.6) is 0 Å². The maximum Gasteiger partial charge on any atom is 0.335 e. The van der Waals surface area contributed by atoms with Crippen LogP contribution in [0.25, 0.3) is 23.0 Å². The van der Waals surface area contributed by atoms with E-state index < -0.39 is 11.9 Å². The van der Waals surface area contributed by atoms with Gasteiger partial charge in [0.1, 0.15) is 17.3 Å². The van der Waals surface area contributed by atoms with Crippen LogP contribution >= 0.6 is 0 Å². The Kier molecular flexibility index (Phi) is 6.05. The Morgan fingerprint density at radius 3 is 2.42 bits per heavy atom. The van der Waals surface area contributed by atoms with E-state index in [-0.39, 0.29) is 11.1 Å². The Balaban J connectivity index is 1.69. The van der Waals surface area contributed by atoms with Crippen LogP contribution in [-0.2, 0) is 4.79 Å². The van der Waals surface area contributed by atoms with Gasteiger partial charge in [-0.2, -0.15) is 10.4 Å². The van der Waals surface area contributed by atoms with Gasteiger partial charge in [-0.15, -0.1) is 0 Å². The summed E-state index contributed by atoms with van der Waals surface area (Å²) >= 11 is 0. The van der Waals surface area contributed by atoms with E-state index in [9.17, 15) is 14.9 Å². The molecule has 4 aromatic rings. The molecule has 0 aliphatic carbocycles. The van der Waals surface area contributed by atoms with Gasteiger partial charge >= 0.3 is 5.97 Å². The van der Waals surface area contributed by atoms with Crippen LogP contribution < -0.4 is 5.32 Å². The molecule has 4 rings (SSSR count). The zero-order chi connectivity index (χ0) is 23.2. The van der Waals surface area contributed by atoms with Crippen molar-refractivity contribution in [3.05, 3.63) is 102 Å². The molecule has 0 unspecified atom stereocenters. The normalized spacial score (nSPS) is 10.9. The summed E-state index contributed by atoms with van der Waals surface area (Å²) in [6, 6.07) is 20.7. The SMILES string of the molecule is N#C/C(=C\c1cn(-c2ccccc2)nc1-c1cccnc1)C(=O)Nc1ccc(C(=O)O)cc1. The van der Waals surface area contributed by atoms with Crippen molar-refractivity contribution in [3.63, 3.8) is 0 Å². The van der Waals surface area contributed by atoms with Crippen LogP contribution in [0.1, 0.15) is 15.9 Å². The van der Waals surface area contributed by atoms with Crippen LogP contribution in [0.2, 0.25) is 0 Å². The number of rotatable bonds is 6. The predicted molar refractivity (Wildman–Crippen MR) is 122 cm³/mol. The highest BCUT2D eigenvalue weighted by molar-refractivity contribution is 6.10. The summed E-state index contributed by atoms with van der Waals surface area (Å²) in [5.74, 6) is -1.69. The number of hydrogen-bond acceptors (Lipinski definition) is 5. The molecular formula is C25H17N5O3. The second-order valence-corrected chi connectivity index (χ2v) is 6.96. The van der Waals surface area contributed by atoms with Gasteiger partial charge in [0.2, 0.25) is 0 Å². The largest absolute Gasteiger partial charge is 0.478 e. The fourth-order valence-corrected chi connectivity index (χ4v) is 3.13. The second-order valence-electron chi connectivity index (χ2n) is 6.96. The summed E-state index contributed by atoms with van der Waals surface area (Å²) in [6.45, 7) is 0. The Bertz CT molecular complexity index is 1370. The van der Waals surface area contributed by atoms with E-state index in [1.807, 2.05) is 42.5 Å². The molecule has 2 heterocycles. The molecule has 8 nitrogen and oxygen atoms in total. The lowest BCUT2D eigenvalue weighted by atomic mass is 10.1. The molecule has 0 aliphatic heterocycles. The zero-order valence-electron chi connectivity index (χ0n) is 17.2. The molecule has 2 N–H and O–H groups in total. The Morgan fingerprint density at radius 1 is 1.03 bits per heavy atom. The minimum atomic E-state index is -1.07. The summed E-state index contributed by atoms with van der Waals surface area (Å²) < 4.78 is 1.67. The van der Waals surface area contributed by atoms with Crippen molar-refractivity contribution in [3.8, 4) is 23.0 Å². The molecule has 2 aromatic carbocycles. The molecule has 0 aliphatic rings. The lowest BCUT2D eigenvalue weighted by Crippen LogP contribution is -2.13. The summed E-state index contributed by atoms with van der Waals surface area (Å²) in [5.41, 5.74) is 3.04. The molecule has 33 heavy (non-hydrogen) atoms. The topological polar surface area (TPSA) is 121 Å². The fraction of sp³-hybridized carbons (Fsp3) is 0. The van der Waals surface area contributed by atoms with Gasteiger partial charge in [0.25, 0.3) is 5.91 Å². The minimum Gasteiger partial charge on any atom is -0.478 e. The third kappa shape index (κ3) is 4.84. The van der Waals surface area contributed by atoms with E-state index in [0.29, 0.717) is 16.9 Å². The number of carbonyl (C=O) groups is 2. The third-order valence-electron chi connectivity index (χ3n) is 4.75. The number of benzene rings is 2. The van der Waals surface area contributed by atoms with Crippen molar-refractivity contribution in [1.29, 1.82) is 5.26 Å². The average molecular weight is 435 g/mol. The van der Waals surface area contributed by atoms with Gasteiger partial charge in [-0.05, 0) is 54.6 Å². The van der Waals surface area contributed by atoms with Crippen LogP contribution in [0.4, 0.5) is 5.69 Å². The Morgan fingerprint density at radius 2 is 1.79 bits per heavy atom. The van der Waals surface area contributed by atoms with E-state index in [1.165, 1.54) is 30.3 Å². The van der Waals surface area contributed by atoms with Crippen molar-refractivity contribution in [2.75, 3.05) is 5.32 Å². The number of hydrogen-bond donors (Lipinski definition) is 2. The number of nitrogens with one attached hydrogen (secondary N) is 1. The van der Waals surface area contributed by atoms with Crippen molar-refractivity contribution in [2.24, 2.45) is 0 Å². The number of carbonyl (C=O) groups excluding carboxylic acids is 1. The monoisotopic (exact) mass is 435 g/mol. The van der Waals surface area contributed by atoms with Gasteiger partial charge in [0.05, 0.1) is 11.3 Å². The highest BCUT2D eigenvalue weighted by atomic mass is 16.4. The number of para-hydroxylation sites is 1. The van der Waals surface area contributed by atoms with Crippen molar-refractivity contribution >= 4 is 23.6 Å². The van der Waals surface area contributed by atoms with Crippen LogP contribution in [-0.4, -0.2) is 31.7 Å². The molecule has 0 atom stereocenters. The number of carboxylic acid groups (broad SMARTS) is 1. The molecule has 0 saturated heterocycles. The Labute approximate surface area is 189 Å². The van der Waals surface area contributed by atoms with Gasteiger partial charge in [-0.1, -0.05) is 18.2 Å². The lowest BCUT2D eigenvalue weighted by Gasteiger charge is -2.05. The lowest BCUT2D eigenvalue weighted by molar-refractivity contribution is -0.112. The first kappa shape index (κ1) is 21.2. The summed E-state index contributed by atoms with van der Waals surface area (Å²) in [6.07, 6.45) is 6.52. The number of pyridine rings is 1. The first-order valence-corrected chi connectivity index (χ1v) is 9.87. The van der Waals surface area contributed by atoms with Crippen LogP contribution in [0, 0.1) is 11.3 Å². The number of anilines is 1. The number of aromatic nitrogens is 3. The Hall–Kier alpha value is -5.03. The number of aromatic carboxylic acids is 1. The number of nitriles is 1. The molecule has 0 radical (unpaired) electrons. The van der Waals surface area contributed by atoms with Crippen LogP contribution in [0.3, 0.4) is 0 Å². The van der Waals surface area contributed by atoms with E-state index in [2.05, 4.69) is 15.4 Å². The molecule has 0 saturated carbocycles. The molecule has 0 bridgehead atoms. The smallest absolute Gasteiger partial charge is 0.335 e. The first-order chi connectivity index (χ1) is 16.0. The van der Waals surface area contributed by atoms with E-state index in [4.69, 9.17) is 5.11 Å². The highest BCUT2D eigenvalue weighted by Crippen LogP contribution is 2.25. The maximum absolute atomic E-state index is 12.7. The van der Waals surface area contributed by atoms with Crippen molar-refractivity contribution in [2.45, 2.75) is 0 Å². The van der Waals surface area contributed by atoms with E-state index in [1.54, 1.807) is 29.3 Å². The molecular weight excluding hydrogens is 418 g/mol. The summed E-state index contributed by atoms with van der Waals surface area (Å²) in [5, 5.41) is 25.9. The molecule has 2 aromatic heterocycles. The second kappa shape index (κ2) is 9.41. The quantitative estimate of drug-likeness (QED) is 0.346.